The van der Waals surface area contributed by atoms with Gasteiger partial charge in [-0.15, -0.1) is 11.3 Å². The van der Waals surface area contributed by atoms with Gasteiger partial charge in [-0.3, -0.25) is 0 Å². The molecule has 2 nitrogen and oxygen atoms in total. The Hall–Kier alpha value is -2.92. The Bertz CT molecular complexity index is 1140. The first kappa shape index (κ1) is 26.7. The summed E-state index contributed by atoms with van der Waals surface area (Å²) >= 11 is 1.90. The maximum Gasteiger partial charge on any atom is 0.159 e. The van der Waals surface area contributed by atoms with Crippen molar-refractivity contribution in [2.45, 2.75) is 58.7 Å². The van der Waals surface area contributed by atoms with Crippen LogP contribution in [0, 0.1) is 5.82 Å². The molecule has 0 saturated carbocycles. The minimum Gasteiger partial charge on any atom is -0.348 e. The molecule has 2 heterocycles. The van der Waals surface area contributed by atoms with E-state index in [-0.39, 0.29) is 5.82 Å². The van der Waals surface area contributed by atoms with E-state index in [9.17, 15) is 4.39 Å². The van der Waals surface area contributed by atoms with E-state index in [0.29, 0.717) is 6.42 Å². The molecule has 0 aliphatic rings. The predicted octanol–water partition coefficient (Wildman–Crippen LogP) is 7.07. The van der Waals surface area contributed by atoms with Crippen LogP contribution in [0.2, 0.25) is 6.32 Å². The molecule has 4 aromatic rings. The Kier molecular flexibility index (Phi) is 11.6. The van der Waals surface area contributed by atoms with E-state index in [2.05, 4.69) is 70.8 Å². The predicted molar refractivity (Wildman–Crippen MR) is 151 cm³/mol. The molecule has 0 amide bonds. The number of halogens is 1. The standard InChI is InChI=1S/C18H23BS.C12H13FN2/c1-2-18-17(13-15-20-18)19-14-9-4-3-6-10-16-11-7-5-8-12-16;1-2-9-5-10(7-11(13)6-9)8-12-14-3-4-15-12/h3-5,7-8,11-13,15,19H,2,6,9-10,14H2,1H3;3-7H,2,8H2,1H3,(H,14,15). The van der Waals surface area contributed by atoms with Crippen LogP contribution >= 0.6 is 11.3 Å². The molecule has 0 spiro atoms. The molecule has 35 heavy (non-hydrogen) atoms. The summed E-state index contributed by atoms with van der Waals surface area (Å²) < 4.78 is 13.2. The smallest absolute Gasteiger partial charge is 0.159 e. The Morgan fingerprint density at radius 2 is 1.74 bits per heavy atom. The van der Waals surface area contributed by atoms with Gasteiger partial charge in [-0.05, 0) is 71.2 Å². The quantitative estimate of drug-likeness (QED) is 0.137. The highest BCUT2D eigenvalue weighted by atomic mass is 32.1. The molecular formula is C30H36BFN2S. The van der Waals surface area contributed by atoms with Gasteiger partial charge >= 0.3 is 0 Å². The van der Waals surface area contributed by atoms with E-state index in [1.54, 1.807) is 34.9 Å². The lowest BCUT2D eigenvalue weighted by Gasteiger charge is -2.02. The van der Waals surface area contributed by atoms with Crippen LogP contribution in [0.25, 0.3) is 0 Å². The number of nitrogens with zero attached hydrogens (tertiary/aromatic N) is 1. The first-order chi connectivity index (χ1) is 17.2. The topological polar surface area (TPSA) is 28.7 Å². The van der Waals surface area contributed by atoms with Gasteiger partial charge < -0.3 is 4.98 Å². The van der Waals surface area contributed by atoms with Crippen molar-refractivity contribution in [3.63, 3.8) is 0 Å². The van der Waals surface area contributed by atoms with Crippen molar-refractivity contribution < 1.29 is 4.39 Å². The second-order valence-electron chi connectivity index (χ2n) is 8.64. The fourth-order valence-corrected chi connectivity index (χ4v) is 4.94. The zero-order chi connectivity index (χ0) is 24.7. The lowest BCUT2D eigenvalue weighted by Crippen LogP contribution is -2.14. The molecule has 1 N–H and O–H groups in total. The average Bonchev–Trinajstić information content (AvgIpc) is 3.56. The molecule has 5 heteroatoms. The SMILES string of the molecule is CCc1cc(F)cc(Cc2ncc[nH]2)c1.CCc1sccc1BCCC=CCCc1ccccc1. The third-order valence-corrected chi connectivity index (χ3v) is 7.04. The fraction of sp³-hybridized carbons (Fsp3) is 0.300. The molecule has 0 aliphatic heterocycles. The van der Waals surface area contributed by atoms with Crippen molar-refractivity contribution in [3.8, 4) is 0 Å². The summed E-state index contributed by atoms with van der Waals surface area (Å²) in [6.45, 7) is 4.27. The molecule has 0 radical (unpaired) electrons. The van der Waals surface area contributed by atoms with Crippen molar-refractivity contribution >= 4 is 24.1 Å². The normalized spacial score (nSPS) is 10.8. The van der Waals surface area contributed by atoms with E-state index >= 15 is 0 Å². The Labute approximate surface area is 214 Å². The van der Waals surface area contributed by atoms with Gasteiger partial charge in [-0.2, -0.15) is 0 Å². The summed E-state index contributed by atoms with van der Waals surface area (Å²) in [6.07, 6.45) is 15.6. The Morgan fingerprint density at radius 1 is 0.943 bits per heavy atom. The van der Waals surface area contributed by atoms with Gasteiger partial charge in [0.05, 0.1) is 0 Å². The number of benzene rings is 2. The minimum atomic E-state index is -0.170. The van der Waals surface area contributed by atoms with Crippen LogP contribution in [0.1, 0.15) is 54.1 Å². The second kappa shape index (κ2) is 15.2. The average molecular weight is 487 g/mol. The number of imidazole rings is 1. The summed E-state index contributed by atoms with van der Waals surface area (Å²) in [5.74, 6) is 0.693. The van der Waals surface area contributed by atoms with Crippen LogP contribution in [0.4, 0.5) is 4.39 Å². The zero-order valence-corrected chi connectivity index (χ0v) is 21.8. The summed E-state index contributed by atoms with van der Waals surface area (Å²) in [6, 6.07) is 18.2. The molecular weight excluding hydrogens is 450 g/mol. The van der Waals surface area contributed by atoms with Crippen molar-refractivity contribution in [3.05, 3.63) is 118 Å². The van der Waals surface area contributed by atoms with Crippen LogP contribution in [0.15, 0.2) is 84.5 Å². The second-order valence-corrected chi connectivity index (χ2v) is 9.65. The Balaban J connectivity index is 0.000000203. The molecule has 4 rings (SSSR count). The number of aryl methyl sites for hydroxylation is 3. The maximum atomic E-state index is 13.2. The lowest BCUT2D eigenvalue weighted by atomic mass is 9.66. The van der Waals surface area contributed by atoms with Gasteiger partial charge in [0.2, 0.25) is 0 Å². The van der Waals surface area contributed by atoms with E-state index < -0.39 is 0 Å². The lowest BCUT2D eigenvalue weighted by molar-refractivity contribution is 0.623. The third-order valence-electron chi connectivity index (χ3n) is 5.94. The number of allylic oxidation sites excluding steroid dienone is 2. The van der Waals surface area contributed by atoms with Crippen LogP contribution in [0.3, 0.4) is 0 Å². The molecule has 0 unspecified atom stereocenters. The van der Waals surface area contributed by atoms with Gasteiger partial charge in [0.1, 0.15) is 11.6 Å². The Morgan fingerprint density at radius 3 is 2.49 bits per heavy atom. The fourth-order valence-electron chi connectivity index (χ4n) is 4.05. The molecule has 0 atom stereocenters. The van der Waals surface area contributed by atoms with Crippen molar-refractivity contribution in [1.82, 2.24) is 9.97 Å². The molecule has 182 valence electrons. The van der Waals surface area contributed by atoms with Crippen LogP contribution in [-0.2, 0) is 25.7 Å². The monoisotopic (exact) mass is 486 g/mol. The summed E-state index contributed by atoms with van der Waals surface area (Å²) in [5, 5.41) is 2.23. The van der Waals surface area contributed by atoms with Gasteiger partial charge in [-0.25, -0.2) is 9.37 Å². The number of aromatic nitrogens is 2. The van der Waals surface area contributed by atoms with E-state index in [1.165, 1.54) is 32.0 Å². The largest absolute Gasteiger partial charge is 0.348 e. The van der Waals surface area contributed by atoms with Crippen LogP contribution in [-0.4, -0.2) is 17.2 Å². The number of nitrogens with one attached hydrogen (secondary N) is 1. The summed E-state index contributed by atoms with van der Waals surface area (Å²) in [5.41, 5.74) is 4.98. The maximum absolute atomic E-state index is 13.2. The molecule has 0 aliphatic carbocycles. The molecule has 0 bridgehead atoms. The number of thiophene rings is 1. The molecule has 0 saturated heterocycles. The number of hydrogen-bond acceptors (Lipinski definition) is 2. The van der Waals surface area contributed by atoms with E-state index in [4.69, 9.17) is 0 Å². The summed E-state index contributed by atoms with van der Waals surface area (Å²) in [4.78, 5) is 8.70. The first-order valence-electron chi connectivity index (χ1n) is 12.7. The third kappa shape index (κ3) is 9.69. The van der Waals surface area contributed by atoms with Gasteiger partial charge in [0, 0.05) is 18.8 Å². The number of H-pyrrole nitrogens is 1. The highest BCUT2D eigenvalue weighted by molar-refractivity contribution is 7.11. The van der Waals surface area contributed by atoms with Crippen molar-refractivity contribution in [1.29, 1.82) is 0 Å². The van der Waals surface area contributed by atoms with Crippen LogP contribution in [0.5, 0.6) is 0 Å². The highest BCUT2D eigenvalue weighted by Crippen LogP contribution is 2.12. The zero-order valence-electron chi connectivity index (χ0n) is 21.0. The molecule has 2 aromatic heterocycles. The van der Waals surface area contributed by atoms with Crippen molar-refractivity contribution in [2.24, 2.45) is 0 Å². The van der Waals surface area contributed by atoms with Crippen molar-refractivity contribution in [2.75, 3.05) is 0 Å². The van der Waals surface area contributed by atoms with E-state index in [0.717, 1.165) is 36.2 Å². The minimum absolute atomic E-state index is 0.170. The van der Waals surface area contributed by atoms with Gasteiger partial charge in [-0.1, -0.05) is 80.2 Å². The highest BCUT2D eigenvalue weighted by Gasteiger charge is 2.03. The number of aromatic amines is 1. The summed E-state index contributed by atoms with van der Waals surface area (Å²) in [7, 11) is 1.23. The number of rotatable bonds is 11. The molecule has 2 aromatic carbocycles. The van der Waals surface area contributed by atoms with Crippen LogP contribution < -0.4 is 5.46 Å². The molecule has 0 fully saturated rings. The first-order valence-corrected chi connectivity index (χ1v) is 13.6. The number of hydrogen-bond donors (Lipinski definition) is 1. The van der Waals surface area contributed by atoms with E-state index in [1.807, 2.05) is 24.3 Å². The van der Waals surface area contributed by atoms with Gasteiger partial charge in [0.15, 0.2) is 7.28 Å². The van der Waals surface area contributed by atoms with Gasteiger partial charge in [0.25, 0.3) is 0 Å².